The summed E-state index contributed by atoms with van der Waals surface area (Å²) < 4.78 is 1.76. The molecule has 2 aromatic heterocycles. The number of rotatable bonds is 0. The molecule has 114 valence electrons. The van der Waals surface area contributed by atoms with Crippen molar-refractivity contribution in [1.82, 2.24) is 9.38 Å². The molecule has 0 amide bonds. The molecule has 5 rings (SSSR count). The lowest BCUT2D eigenvalue weighted by atomic mass is 10.0. The van der Waals surface area contributed by atoms with E-state index >= 15 is 0 Å². The van der Waals surface area contributed by atoms with E-state index < -0.39 is 0 Å². The average molecular weight is 310 g/mol. The summed E-state index contributed by atoms with van der Waals surface area (Å²) in [6.07, 6.45) is 0. The van der Waals surface area contributed by atoms with Crippen LogP contribution >= 0.6 is 0 Å². The van der Waals surface area contributed by atoms with Gasteiger partial charge in [0.05, 0.1) is 16.4 Å². The van der Waals surface area contributed by atoms with Crippen molar-refractivity contribution in [2.24, 2.45) is 0 Å². The Morgan fingerprint density at radius 2 is 1.50 bits per heavy atom. The van der Waals surface area contributed by atoms with E-state index in [2.05, 4.69) is 24.3 Å². The topological polar surface area (TPSA) is 34.4 Å². The first-order valence-corrected chi connectivity index (χ1v) is 7.96. The minimum Gasteiger partial charge on any atom is -0.268 e. The predicted molar refractivity (Wildman–Crippen MR) is 98.7 cm³/mol. The molecule has 0 saturated carbocycles. The fraction of sp³-hybridized carbons (Fsp3) is 0.0476. The summed E-state index contributed by atoms with van der Waals surface area (Å²) in [6, 6.07) is 21.9. The fourth-order valence-corrected chi connectivity index (χ4v) is 3.50. The second kappa shape index (κ2) is 4.65. The van der Waals surface area contributed by atoms with Crippen LogP contribution in [-0.2, 0) is 0 Å². The molecule has 0 N–H and O–H groups in total. The molecule has 0 saturated heterocycles. The van der Waals surface area contributed by atoms with Gasteiger partial charge in [0, 0.05) is 10.8 Å². The van der Waals surface area contributed by atoms with E-state index in [9.17, 15) is 4.79 Å². The van der Waals surface area contributed by atoms with Crippen LogP contribution in [0.2, 0.25) is 0 Å². The summed E-state index contributed by atoms with van der Waals surface area (Å²) in [5.74, 6) is 0. The second-order valence-electron chi connectivity index (χ2n) is 6.16. The molecule has 0 radical (unpaired) electrons. The van der Waals surface area contributed by atoms with Crippen molar-refractivity contribution >= 4 is 38.2 Å². The first-order valence-electron chi connectivity index (χ1n) is 7.96. The Morgan fingerprint density at radius 3 is 2.33 bits per heavy atom. The molecule has 0 unspecified atom stereocenters. The summed E-state index contributed by atoms with van der Waals surface area (Å²) in [7, 11) is 0. The van der Waals surface area contributed by atoms with Crippen molar-refractivity contribution in [3.8, 4) is 0 Å². The minimum absolute atomic E-state index is 0.0167. The number of hydrogen-bond donors (Lipinski definition) is 0. The van der Waals surface area contributed by atoms with Gasteiger partial charge in [-0.3, -0.25) is 9.20 Å². The summed E-state index contributed by atoms with van der Waals surface area (Å²) in [5, 5.41) is 3.84. The van der Waals surface area contributed by atoms with Gasteiger partial charge in [-0.2, -0.15) is 0 Å². The molecule has 0 bridgehead atoms. The van der Waals surface area contributed by atoms with Gasteiger partial charge in [0.15, 0.2) is 0 Å². The minimum atomic E-state index is -0.0167. The third-order valence-electron chi connectivity index (χ3n) is 4.63. The van der Waals surface area contributed by atoms with E-state index in [1.807, 2.05) is 49.4 Å². The van der Waals surface area contributed by atoms with Crippen molar-refractivity contribution in [2.45, 2.75) is 6.92 Å². The van der Waals surface area contributed by atoms with Crippen LogP contribution < -0.4 is 5.56 Å². The van der Waals surface area contributed by atoms with Crippen LogP contribution in [0.5, 0.6) is 0 Å². The number of fused-ring (bicyclic) bond motifs is 7. The Kier molecular flexibility index (Phi) is 2.57. The predicted octanol–water partition coefficient (Wildman–Crippen LogP) is 4.46. The molecule has 0 atom stereocenters. The maximum Gasteiger partial charge on any atom is 0.266 e. The van der Waals surface area contributed by atoms with E-state index in [1.165, 1.54) is 0 Å². The monoisotopic (exact) mass is 310 g/mol. The maximum absolute atomic E-state index is 13.2. The van der Waals surface area contributed by atoms with Crippen LogP contribution in [-0.4, -0.2) is 9.38 Å². The zero-order valence-corrected chi connectivity index (χ0v) is 13.2. The van der Waals surface area contributed by atoms with Crippen LogP contribution in [0.4, 0.5) is 0 Å². The third kappa shape index (κ3) is 1.67. The van der Waals surface area contributed by atoms with Crippen molar-refractivity contribution in [1.29, 1.82) is 0 Å². The first kappa shape index (κ1) is 13.3. The lowest BCUT2D eigenvalue weighted by molar-refractivity contribution is 1.14. The van der Waals surface area contributed by atoms with Gasteiger partial charge in [-0.05, 0) is 36.1 Å². The summed E-state index contributed by atoms with van der Waals surface area (Å²) >= 11 is 0. The van der Waals surface area contributed by atoms with Crippen molar-refractivity contribution < 1.29 is 0 Å². The summed E-state index contributed by atoms with van der Waals surface area (Å²) in [5.41, 5.74) is 3.47. The number of pyridine rings is 1. The van der Waals surface area contributed by atoms with Crippen LogP contribution in [0.1, 0.15) is 5.56 Å². The van der Waals surface area contributed by atoms with Gasteiger partial charge in [-0.25, -0.2) is 4.98 Å². The van der Waals surface area contributed by atoms with E-state index in [0.29, 0.717) is 11.0 Å². The van der Waals surface area contributed by atoms with E-state index in [1.54, 1.807) is 4.40 Å². The molecule has 0 aliphatic carbocycles. The average Bonchev–Trinajstić information content (AvgIpc) is 2.62. The van der Waals surface area contributed by atoms with Gasteiger partial charge in [0.1, 0.15) is 5.65 Å². The normalized spacial score (nSPS) is 11.7. The van der Waals surface area contributed by atoms with E-state index in [4.69, 9.17) is 4.98 Å². The van der Waals surface area contributed by atoms with E-state index in [-0.39, 0.29) is 5.56 Å². The smallest absolute Gasteiger partial charge is 0.266 e. The number of hydrogen-bond acceptors (Lipinski definition) is 2. The van der Waals surface area contributed by atoms with Crippen molar-refractivity contribution in [3.63, 3.8) is 0 Å². The standard InChI is InChI=1S/C21H14N2O/c1-13-10-11-15-14-6-2-3-7-16(14)20-22-18-9-5-4-8-17(18)21(24)23(20)19(15)12-13/h2-12H,1H3. The van der Waals surface area contributed by atoms with Gasteiger partial charge in [-0.15, -0.1) is 0 Å². The zero-order valence-electron chi connectivity index (χ0n) is 13.2. The number of benzene rings is 3. The first-order chi connectivity index (χ1) is 11.7. The van der Waals surface area contributed by atoms with Crippen molar-refractivity contribution in [3.05, 3.63) is 82.6 Å². The SMILES string of the molecule is Cc1ccc2c3ccccc3c3nc4ccccc4c(=O)n3c2c1. The third-order valence-corrected chi connectivity index (χ3v) is 4.63. The van der Waals surface area contributed by atoms with Crippen LogP contribution in [0.15, 0.2) is 71.5 Å². The van der Waals surface area contributed by atoms with Crippen LogP contribution in [0.3, 0.4) is 0 Å². The van der Waals surface area contributed by atoms with Gasteiger partial charge in [-0.1, -0.05) is 48.5 Å². The Labute approximate surface area is 137 Å². The highest BCUT2D eigenvalue weighted by atomic mass is 16.1. The van der Waals surface area contributed by atoms with Crippen LogP contribution in [0.25, 0.3) is 38.2 Å². The molecule has 3 aromatic carbocycles. The number of aryl methyl sites for hydroxylation is 1. The second-order valence-corrected chi connectivity index (χ2v) is 6.16. The largest absolute Gasteiger partial charge is 0.268 e. The molecule has 0 fully saturated rings. The summed E-state index contributed by atoms with van der Waals surface area (Å²) in [6.45, 7) is 2.04. The Hall–Kier alpha value is -3.20. The molecule has 2 heterocycles. The fourth-order valence-electron chi connectivity index (χ4n) is 3.50. The van der Waals surface area contributed by atoms with Crippen molar-refractivity contribution in [2.75, 3.05) is 0 Å². The molecule has 3 heteroatoms. The highest BCUT2D eigenvalue weighted by molar-refractivity contribution is 6.12. The van der Waals surface area contributed by atoms with Gasteiger partial charge in [0.2, 0.25) is 0 Å². The highest BCUT2D eigenvalue weighted by Crippen LogP contribution is 2.29. The molecule has 24 heavy (non-hydrogen) atoms. The number of nitrogens with zero attached hydrogens (tertiary/aromatic N) is 2. The zero-order chi connectivity index (χ0) is 16.3. The van der Waals surface area contributed by atoms with Crippen LogP contribution in [0, 0.1) is 6.92 Å². The molecule has 0 spiro atoms. The Bertz CT molecular complexity index is 1330. The maximum atomic E-state index is 13.2. The lowest BCUT2D eigenvalue weighted by Crippen LogP contribution is -2.16. The molecule has 0 aliphatic heterocycles. The molecule has 5 aromatic rings. The molecule has 3 nitrogen and oxygen atoms in total. The van der Waals surface area contributed by atoms with E-state index in [0.717, 1.165) is 32.8 Å². The van der Waals surface area contributed by atoms with Gasteiger partial charge >= 0.3 is 0 Å². The molecular weight excluding hydrogens is 296 g/mol. The van der Waals surface area contributed by atoms with Gasteiger partial charge < -0.3 is 0 Å². The lowest BCUT2D eigenvalue weighted by Gasteiger charge is -2.12. The molecular formula is C21H14N2O. The summed E-state index contributed by atoms with van der Waals surface area (Å²) in [4.78, 5) is 18.0. The Morgan fingerprint density at radius 1 is 0.792 bits per heavy atom. The Balaban J connectivity index is 2.23. The quantitative estimate of drug-likeness (QED) is 0.312. The number of aromatic nitrogens is 2. The highest BCUT2D eigenvalue weighted by Gasteiger charge is 2.13. The number of para-hydroxylation sites is 1. The molecule has 0 aliphatic rings. The van der Waals surface area contributed by atoms with Gasteiger partial charge in [0.25, 0.3) is 5.56 Å².